The molecule has 1 heterocycles. The number of amides is 1. The number of anilines is 1. The molecule has 1 atom stereocenters. The van der Waals surface area contributed by atoms with Gasteiger partial charge in [0.1, 0.15) is 0 Å². The number of carbonyl (C=O) groups excluding carboxylic acids is 1. The second-order valence-corrected chi connectivity index (χ2v) is 7.14. The molecular formula is C18H24N2OS. The number of hydrogen-bond acceptors (Lipinski definition) is 3. The summed E-state index contributed by atoms with van der Waals surface area (Å²) in [5.74, 6) is 0.0621. The minimum Gasteiger partial charge on any atom is -0.334 e. The van der Waals surface area contributed by atoms with Gasteiger partial charge in [0.15, 0.2) is 0 Å². The highest BCUT2D eigenvalue weighted by atomic mass is 32.2. The fraction of sp³-hybridized carbons (Fsp3) is 0.389. The molecule has 0 bridgehead atoms. The molecule has 1 saturated heterocycles. The summed E-state index contributed by atoms with van der Waals surface area (Å²) in [4.78, 5) is 13.7. The highest BCUT2D eigenvalue weighted by molar-refractivity contribution is 8.03. The van der Waals surface area contributed by atoms with Crippen LogP contribution >= 0.6 is 11.8 Å². The van der Waals surface area contributed by atoms with Gasteiger partial charge in [-0.1, -0.05) is 43.1 Å². The van der Waals surface area contributed by atoms with E-state index in [9.17, 15) is 4.79 Å². The molecule has 1 N–H and O–H groups in total. The molecular weight excluding hydrogens is 292 g/mol. The Kier molecular flexibility index (Phi) is 5.35. The highest BCUT2D eigenvalue weighted by Crippen LogP contribution is 2.36. The lowest BCUT2D eigenvalue weighted by atomic mass is 10.1. The van der Waals surface area contributed by atoms with Crippen molar-refractivity contribution in [3.63, 3.8) is 0 Å². The average molecular weight is 316 g/mol. The Balaban J connectivity index is 2.16. The lowest BCUT2D eigenvalue weighted by Gasteiger charge is -2.34. The Hall–Kier alpha value is -1.68. The van der Waals surface area contributed by atoms with Gasteiger partial charge in [-0.05, 0) is 38.8 Å². The quantitative estimate of drug-likeness (QED) is 0.883. The Morgan fingerprint density at radius 2 is 2.09 bits per heavy atom. The van der Waals surface area contributed by atoms with E-state index in [1.54, 1.807) is 11.8 Å². The van der Waals surface area contributed by atoms with Crippen LogP contribution in [0.15, 0.2) is 48.1 Å². The summed E-state index contributed by atoms with van der Waals surface area (Å²) < 4.78 is 0. The third-order valence-electron chi connectivity index (χ3n) is 3.76. The SMILES string of the molecule is C=C1NC(=O)CCC1SC(=C)N(c1ccccc1C)C(C)C. The number of hydrogen-bond donors (Lipinski definition) is 1. The van der Waals surface area contributed by atoms with Crippen molar-refractivity contribution >= 4 is 23.4 Å². The summed E-state index contributed by atoms with van der Waals surface area (Å²) in [7, 11) is 0. The third-order valence-corrected chi connectivity index (χ3v) is 5.03. The second-order valence-electron chi connectivity index (χ2n) is 5.86. The zero-order valence-electron chi connectivity index (χ0n) is 13.6. The maximum absolute atomic E-state index is 11.4. The van der Waals surface area contributed by atoms with Crippen LogP contribution in [0.5, 0.6) is 0 Å². The average Bonchev–Trinajstić information content (AvgIpc) is 2.44. The van der Waals surface area contributed by atoms with E-state index in [1.807, 2.05) is 6.07 Å². The summed E-state index contributed by atoms with van der Waals surface area (Å²) in [5.41, 5.74) is 3.20. The van der Waals surface area contributed by atoms with Crippen molar-refractivity contribution in [2.24, 2.45) is 0 Å². The van der Waals surface area contributed by atoms with Crippen molar-refractivity contribution in [1.82, 2.24) is 5.32 Å². The summed E-state index contributed by atoms with van der Waals surface area (Å²) in [5, 5.41) is 4.02. The van der Waals surface area contributed by atoms with Gasteiger partial charge < -0.3 is 10.2 Å². The first-order valence-electron chi connectivity index (χ1n) is 7.59. The lowest BCUT2D eigenvalue weighted by Crippen LogP contribution is -2.35. The topological polar surface area (TPSA) is 32.3 Å². The lowest BCUT2D eigenvalue weighted by molar-refractivity contribution is -0.121. The van der Waals surface area contributed by atoms with E-state index < -0.39 is 0 Å². The van der Waals surface area contributed by atoms with Gasteiger partial charge >= 0.3 is 0 Å². The summed E-state index contributed by atoms with van der Waals surface area (Å²) in [6.07, 6.45) is 1.37. The Bertz CT molecular complexity index is 595. The summed E-state index contributed by atoms with van der Waals surface area (Å²) >= 11 is 1.69. The molecule has 1 aromatic rings. The fourth-order valence-electron chi connectivity index (χ4n) is 2.64. The molecule has 0 spiro atoms. The standard InChI is InChI=1S/C18H24N2OS/c1-12(2)20(16-9-7-6-8-13(16)3)15(5)22-17-10-11-18(21)19-14(17)4/h6-9,12,17H,4-5,10-11H2,1-3H3,(H,19,21). The predicted molar refractivity (Wildman–Crippen MR) is 95.8 cm³/mol. The van der Waals surface area contributed by atoms with E-state index in [1.165, 1.54) is 11.3 Å². The Morgan fingerprint density at radius 1 is 1.41 bits per heavy atom. The molecule has 0 aromatic heterocycles. The van der Waals surface area contributed by atoms with Crippen LogP contribution in [0.3, 0.4) is 0 Å². The summed E-state index contributed by atoms with van der Waals surface area (Å²) in [6.45, 7) is 14.7. The van der Waals surface area contributed by atoms with Crippen LogP contribution in [-0.4, -0.2) is 17.2 Å². The van der Waals surface area contributed by atoms with Gasteiger partial charge in [0, 0.05) is 23.8 Å². The molecule has 118 valence electrons. The largest absolute Gasteiger partial charge is 0.334 e. The smallest absolute Gasteiger partial charge is 0.224 e. The maximum atomic E-state index is 11.4. The van der Waals surface area contributed by atoms with Crippen molar-refractivity contribution in [2.45, 2.75) is 44.9 Å². The Labute approximate surface area is 137 Å². The number of benzene rings is 1. The van der Waals surface area contributed by atoms with Crippen LogP contribution in [0.1, 0.15) is 32.3 Å². The number of nitrogens with one attached hydrogen (secondary N) is 1. The number of carbonyl (C=O) groups is 1. The zero-order chi connectivity index (χ0) is 16.3. The van der Waals surface area contributed by atoms with Gasteiger partial charge in [0.25, 0.3) is 0 Å². The fourth-order valence-corrected chi connectivity index (χ4v) is 3.83. The van der Waals surface area contributed by atoms with Gasteiger partial charge in [-0.15, -0.1) is 0 Å². The molecule has 22 heavy (non-hydrogen) atoms. The molecule has 1 aliphatic rings. The number of thioether (sulfide) groups is 1. The van der Waals surface area contributed by atoms with Crippen LogP contribution in [0, 0.1) is 6.92 Å². The number of nitrogens with zero attached hydrogens (tertiary/aromatic N) is 1. The van der Waals surface area contributed by atoms with Gasteiger partial charge in [0.05, 0.1) is 10.3 Å². The number of para-hydroxylation sites is 1. The minimum atomic E-state index is 0.0621. The monoisotopic (exact) mass is 316 g/mol. The van der Waals surface area contributed by atoms with E-state index in [4.69, 9.17) is 0 Å². The first-order valence-corrected chi connectivity index (χ1v) is 8.47. The van der Waals surface area contributed by atoms with Crippen LogP contribution in [0.2, 0.25) is 0 Å². The zero-order valence-corrected chi connectivity index (χ0v) is 14.4. The first-order chi connectivity index (χ1) is 10.4. The molecule has 4 heteroatoms. The molecule has 3 nitrogen and oxygen atoms in total. The highest BCUT2D eigenvalue weighted by Gasteiger charge is 2.26. The van der Waals surface area contributed by atoms with E-state index in [-0.39, 0.29) is 11.2 Å². The normalized spacial score (nSPS) is 18.3. The van der Waals surface area contributed by atoms with Crippen molar-refractivity contribution in [3.8, 4) is 0 Å². The van der Waals surface area contributed by atoms with Crippen LogP contribution in [0.4, 0.5) is 5.69 Å². The molecule has 1 fully saturated rings. The van der Waals surface area contributed by atoms with Crippen molar-refractivity contribution in [2.75, 3.05) is 4.90 Å². The first kappa shape index (κ1) is 16.7. The van der Waals surface area contributed by atoms with Crippen LogP contribution in [-0.2, 0) is 4.79 Å². The van der Waals surface area contributed by atoms with E-state index in [0.29, 0.717) is 12.5 Å². The molecule has 0 saturated carbocycles. The number of piperidine rings is 1. The maximum Gasteiger partial charge on any atom is 0.224 e. The number of rotatable bonds is 5. The van der Waals surface area contributed by atoms with Crippen molar-refractivity contribution < 1.29 is 4.79 Å². The van der Waals surface area contributed by atoms with E-state index >= 15 is 0 Å². The molecule has 0 radical (unpaired) electrons. The van der Waals surface area contributed by atoms with E-state index in [0.717, 1.165) is 17.1 Å². The minimum absolute atomic E-state index is 0.0621. The van der Waals surface area contributed by atoms with Gasteiger partial charge in [-0.25, -0.2) is 0 Å². The molecule has 1 aromatic carbocycles. The van der Waals surface area contributed by atoms with Crippen LogP contribution < -0.4 is 10.2 Å². The van der Waals surface area contributed by atoms with Gasteiger partial charge in [-0.2, -0.15) is 0 Å². The Morgan fingerprint density at radius 3 is 2.68 bits per heavy atom. The second kappa shape index (κ2) is 7.05. The predicted octanol–water partition coefficient (Wildman–Crippen LogP) is 4.21. The number of aryl methyl sites for hydroxylation is 1. The molecule has 0 aliphatic carbocycles. The van der Waals surface area contributed by atoms with Gasteiger partial charge in [0.2, 0.25) is 5.91 Å². The molecule has 2 rings (SSSR count). The molecule has 1 amide bonds. The van der Waals surface area contributed by atoms with Gasteiger partial charge in [-0.3, -0.25) is 4.79 Å². The van der Waals surface area contributed by atoms with Crippen molar-refractivity contribution in [3.05, 3.63) is 53.7 Å². The van der Waals surface area contributed by atoms with Crippen LogP contribution in [0.25, 0.3) is 0 Å². The summed E-state index contributed by atoms with van der Waals surface area (Å²) in [6, 6.07) is 8.65. The third kappa shape index (κ3) is 3.74. The van der Waals surface area contributed by atoms with E-state index in [2.05, 4.69) is 62.3 Å². The van der Waals surface area contributed by atoms with Crippen molar-refractivity contribution in [1.29, 1.82) is 0 Å². The molecule has 1 aliphatic heterocycles. The molecule has 1 unspecified atom stereocenters.